The minimum Gasteiger partial charge on any atom is -0.381 e. The van der Waals surface area contributed by atoms with Gasteiger partial charge < -0.3 is 4.74 Å². The summed E-state index contributed by atoms with van der Waals surface area (Å²) >= 11 is 0. The van der Waals surface area contributed by atoms with E-state index in [1.54, 1.807) is 6.20 Å². The molecule has 1 aliphatic rings. The molecule has 30 heavy (non-hydrogen) atoms. The smallest absolute Gasteiger partial charge is 0.112 e. The molecule has 0 bridgehead atoms. The molecule has 1 aromatic heterocycles. The highest BCUT2D eigenvalue weighted by Crippen LogP contribution is 2.37. The van der Waals surface area contributed by atoms with Gasteiger partial charge in [0.1, 0.15) is 5.69 Å². The van der Waals surface area contributed by atoms with Gasteiger partial charge in [0.05, 0.1) is 12.8 Å². The van der Waals surface area contributed by atoms with Crippen molar-refractivity contribution in [1.82, 2.24) is 20.3 Å². The number of ether oxygens (including phenoxy) is 1. The zero-order valence-corrected chi connectivity index (χ0v) is 17.9. The van der Waals surface area contributed by atoms with Crippen molar-refractivity contribution in [3.8, 4) is 11.3 Å². The van der Waals surface area contributed by atoms with Crippen molar-refractivity contribution in [2.75, 3.05) is 26.3 Å². The zero-order valence-electron chi connectivity index (χ0n) is 17.9. The van der Waals surface area contributed by atoms with Gasteiger partial charge >= 0.3 is 0 Å². The van der Waals surface area contributed by atoms with Gasteiger partial charge in [0.15, 0.2) is 0 Å². The SMILES string of the molecule is CCOCC1(CCc2ccccc2)CCN(Cc2ccc(-c3cn[nH]n3)cc2)CC1. The third kappa shape index (κ3) is 5.35. The van der Waals surface area contributed by atoms with Crippen molar-refractivity contribution >= 4 is 0 Å². The average molecular weight is 405 g/mol. The molecule has 2 heterocycles. The summed E-state index contributed by atoms with van der Waals surface area (Å²) in [6, 6.07) is 19.5. The van der Waals surface area contributed by atoms with Crippen LogP contribution >= 0.6 is 0 Å². The van der Waals surface area contributed by atoms with Gasteiger partial charge in [-0.3, -0.25) is 4.90 Å². The summed E-state index contributed by atoms with van der Waals surface area (Å²) in [6.07, 6.45) is 6.51. The summed E-state index contributed by atoms with van der Waals surface area (Å²) in [5.41, 5.74) is 5.08. The molecule has 2 aromatic carbocycles. The van der Waals surface area contributed by atoms with Crippen LogP contribution in [0.15, 0.2) is 60.8 Å². The van der Waals surface area contributed by atoms with E-state index in [0.29, 0.717) is 5.41 Å². The molecule has 0 atom stereocenters. The van der Waals surface area contributed by atoms with Crippen molar-refractivity contribution in [3.05, 3.63) is 71.9 Å². The van der Waals surface area contributed by atoms with E-state index in [0.717, 1.165) is 50.5 Å². The van der Waals surface area contributed by atoms with Gasteiger partial charge in [-0.15, -0.1) is 0 Å². The Bertz CT molecular complexity index is 869. The Hall–Kier alpha value is -2.50. The molecular formula is C25H32N4O. The van der Waals surface area contributed by atoms with Crippen LogP contribution in [0.1, 0.15) is 37.3 Å². The number of nitrogens with one attached hydrogen (secondary N) is 1. The Morgan fingerprint density at radius 2 is 1.77 bits per heavy atom. The van der Waals surface area contributed by atoms with Crippen molar-refractivity contribution < 1.29 is 4.74 Å². The van der Waals surface area contributed by atoms with Crippen LogP contribution in [0.25, 0.3) is 11.3 Å². The van der Waals surface area contributed by atoms with Crippen LogP contribution in [-0.2, 0) is 17.7 Å². The maximum Gasteiger partial charge on any atom is 0.112 e. The number of aromatic nitrogens is 3. The maximum absolute atomic E-state index is 5.93. The first-order valence-corrected chi connectivity index (χ1v) is 11.1. The molecule has 5 nitrogen and oxygen atoms in total. The molecule has 0 spiro atoms. The number of benzene rings is 2. The number of piperidine rings is 1. The van der Waals surface area contributed by atoms with E-state index in [-0.39, 0.29) is 0 Å². The lowest BCUT2D eigenvalue weighted by Gasteiger charge is -2.42. The Kier molecular flexibility index (Phi) is 6.92. The van der Waals surface area contributed by atoms with Crippen LogP contribution in [-0.4, -0.2) is 46.6 Å². The monoisotopic (exact) mass is 404 g/mol. The predicted molar refractivity (Wildman–Crippen MR) is 120 cm³/mol. The van der Waals surface area contributed by atoms with E-state index in [9.17, 15) is 0 Å². The number of aromatic amines is 1. The van der Waals surface area contributed by atoms with Crippen LogP contribution < -0.4 is 0 Å². The number of hydrogen-bond donors (Lipinski definition) is 1. The molecule has 1 fully saturated rings. The Morgan fingerprint density at radius 3 is 2.43 bits per heavy atom. The molecule has 158 valence electrons. The van der Waals surface area contributed by atoms with E-state index in [1.807, 2.05) is 0 Å². The van der Waals surface area contributed by atoms with E-state index in [4.69, 9.17) is 4.74 Å². The highest BCUT2D eigenvalue weighted by Gasteiger charge is 2.34. The fourth-order valence-corrected chi connectivity index (χ4v) is 4.40. The molecule has 0 aliphatic carbocycles. The third-order valence-corrected chi connectivity index (χ3v) is 6.39. The molecule has 0 amide bonds. The van der Waals surface area contributed by atoms with E-state index in [2.05, 4.69) is 81.8 Å². The van der Waals surface area contributed by atoms with Crippen LogP contribution in [0, 0.1) is 5.41 Å². The number of nitrogens with zero attached hydrogens (tertiary/aromatic N) is 3. The Balaban J connectivity index is 1.33. The molecule has 1 saturated heterocycles. The van der Waals surface area contributed by atoms with Gasteiger partial charge in [0.25, 0.3) is 0 Å². The van der Waals surface area contributed by atoms with Crippen molar-refractivity contribution in [3.63, 3.8) is 0 Å². The van der Waals surface area contributed by atoms with E-state index in [1.165, 1.54) is 30.4 Å². The quantitative estimate of drug-likeness (QED) is 0.560. The molecule has 5 heteroatoms. The Labute approximate surface area is 179 Å². The average Bonchev–Trinajstić information content (AvgIpc) is 3.34. The lowest BCUT2D eigenvalue weighted by atomic mass is 9.74. The second-order valence-electron chi connectivity index (χ2n) is 8.45. The van der Waals surface area contributed by atoms with Crippen LogP contribution in [0.4, 0.5) is 0 Å². The first kappa shape index (κ1) is 20.8. The highest BCUT2D eigenvalue weighted by atomic mass is 16.5. The molecular weight excluding hydrogens is 372 g/mol. The van der Waals surface area contributed by atoms with Gasteiger partial charge in [-0.05, 0) is 62.2 Å². The highest BCUT2D eigenvalue weighted by molar-refractivity contribution is 5.57. The van der Waals surface area contributed by atoms with Gasteiger partial charge in [-0.2, -0.15) is 15.4 Å². The lowest BCUT2D eigenvalue weighted by Crippen LogP contribution is -2.42. The molecule has 0 saturated carbocycles. The molecule has 3 aromatic rings. The van der Waals surface area contributed by atoms with Crippen LogP contribution in [0.2, 0.25) is 0 Å². The summed E-state index contributed by atoms with van der Waals surface area (Å²) in [6.45, 7) is 7.05. The first-order chi connectivity index (χ1) is 14.8. The van der Waals surface area contributed by atoms with Gasteiger partial charge in [-0.1, -0.05) is 54.6 Å². The van der Waals surface area contributed by atoms with Crippen molar-refractivity contribution in [1.29, 1.82) is 0 Å². The normalized spacial score (nSPS) is 16.6. The van der Waals surface area contributed by atoms with Crippen LogP contribution in [0.3, 0.4) is 0 Å². The zero-order chi connectivity index (χ0) is 20.7. The first-order valence-electron chi connectivity index (χ1n) is 11.1. The van der Waals surface area contributed by atoms with Gasteiger partial charge in [0.2, 0.25) is 0 Å². The summed E-state index contributed by atoms with van der Waals surface area (Å²) < 4.78 is 5.93. The van der Waals surface area contributed by atoms with Crippen molar-refractivity contribution in [2.24, 2.45) is 5.41 Å². The molecule has 0 radical (unpaired) electrons. The number of rotatable bonds is 9. The summed E-state index contributed by atoms with van der Waals surface area (Å²) in [7, 11) is 0. The lowest BCUT2D eigenvalue weighted by molar-refractivity contribution is -0.00232. The summed E-state index contributed by atoms with van der Waals surface area (Å²) in [5, 5.41) is 10.7. The topological polar surface area (TPSA) is 54.0 Å². The van der Waals surface area contributed by atoms with Gasteiger partial charge in [0, 0.05) is 18.7 Å². The van der Waals surface area contributed by atoms with E-state index < -0.39 is 0 Å². The van der Waals surface area contributed by atoms with E-state index >= 15 is 0 Å². The fourth-order valence-electron chi connectivity index (χ4n) is 4.40. The largest absolute Gasteiger partial charge is 0.381 e. The minimum atomic E-state index is 0.305. The van der Waals surface area contributed by atoms with Crippen molar-refractivity contribution in [2.45, 2.75) is 39.2 Å². The number of H-pyrrole nitrogens is 1. The molecule has 4 rings (SSSR count). The fraction of sp³-hybridized carbons (Fsp3) is 0.440. The summed E-state index contributed by atoms with van der Waals surface area (Å²) in [5.74, 6) is 0. The van der Waals surface area contributed by atoms with Gasteiger partial charge in [-0.25, -0.2) is 0 Å². The standard InChI is InChI=1S/C25H32N4O/c1-2-30-20-25(13-12-21-6-4-3-5-7-21)14-16-29(17-15-25)19-22-8-10-23(11-9-22)24-18-26-28-27-24/h3-11,18H,2,12-17,19-20H2,1H3,(H,26,27,28). The maximum atomic E-state index is 5.93. The Morgan fingerprint density at radius 1 is 1.00 bits per heavy atom. The molecule has 1 aliphatic heterocycles. The molecule has 1 N–H and O–H groups in total. The summed E-state index contributed by atoms with van der Waals surface area (Å²) in [4.78, 5) is 2.58. The third-order valence-electron chi connectivity index (χ3n) is 6.39. The number of likely N-dealkylation sites (tertiary alicyclic amines) is 1. The predicted octanol–water partition coefficient (Wildman–Crippen LogP) is 4.72. The second-order valence-corrected chi connectivity index (χ2v) is 8.45. The number of aryl methyl sites for hydroxylation is 1. The minimum absolute atomic E-state index is 0.305. The number of hydrogen-bond acceptors (Lipinski definition) is 4. The second kappa shape index (κ2) is 10.0. The van der Waals surface area contributed by atoms with Crippen LogP contribution in [0.5, 0.6) is 0 Å². The molecule has 0 unspecified atom stereocenters.